The Morgan fingerprint density at radius 1 is 1.03 bits per heavy atom. The number of hydrogen-bond donors (Lipinski definition) is 0. The Hall–Kier alpha value is -3.93. The smallest absolute Gasteiger partial charge is 0.363 e. The molecule has 0 aliphatic carbocycles. The van der Waals surface area contributed by atoms with Crippen molar-refractivity contribution < 1.29 is 23.4 Å². The summed E-state index contributed by atoms with van der Waals surface area (Å²) in [6.45, 7) is 1.93. The number of esters is 1. The minimum Gasteiger partial charge on any atom is -0.493 e. The molecule has 6 heteroatoms. The van der Waals surface area contributed by atoms with E-state index < -0.39 is 5.97 Å². The summed E-state index contributed by atoms with van der Waals surface area (Å²) in [5.41, 5.74) is 2.82. The van der Waals surface area contributed by atoms with Crippen LogP contribution in [0.15, 0.2) is 77.4 Å². The van der Waals surface area contributed by atoms with Gasteiger partial charge in [-0.15, -0.1) is 0 Å². The number of carbonyl (C=O) groups is 1. The van der Waals surface area contributed by atoms with Crippen LogP contribution in [0.25, 0.3) is 6.08 Å². The molecule has 0 N–H and O–H groups in total. The van der Waals surface area contributed by atoms with Crippen LogP contribution in [0.1, 0.15) is 22.3 Å². The molecular formula is C25H20FNO4. The van der Waals surface area contributed by atoms with E-state index in [1.54, 1.807) is 42.5 Å². The average Bonchev–Trinajstić information content (AvgIpc) is 3.14. The third kappa shape index (κ3) is 4.33. The van der Waals surface area contributed by atoms with Crippen LogP contribution < -0.4 is 9.47 Å². The van der Waals surface area contributed by atoms with Gasteiger partial charge in [-0.2, -0.15) is 0 Å². The lowest BCUT2D eigenvalue weighted by Crippen LogP contribution is -2.06. The van der Waals surface area contributed by atoms with Crippen molar-refractivity contribution in [2.24, 2.45) is 4.99 Å². The fraction of sp³-hybridized carbons (Fsp3) is 0.120. The first-order valence-electron chi connectivity index (χ1n) is 9.68. The van der Waals surface area contributed by atoms with Crippen LogP contribution in [-0.4, -0.2) is 19.0 Å². The van der Waals surface area contributed by atoms with E-state index in [1.807, 2.05) is 31.2 Å². The molecule has 156 valence electrons. The van der Waals surface area contributed by atoms with Crippen LogP contribution in [0.4, 0.5) is 4.39 Å². The molecule has 1 aliphatic rings. The molecule has 0 fully saturated rings. The summed E-state index contributed by atoms with van der Waals surface area (Å²) < 4.78 is 30.7. The zero-order chi connectivity index (χ0) is 21.8. The van der Waals surface area contributed by atoms with E-state index in [-0.39, 0.29) is 24.0 Å². The van der Waals surface area contributed by atoms with E-state index in [0.717, 1.165) is 11.1 Å². The molecule has 0 unspecified atom stereocenters. The predicted molar refractivity (Wildman–Crippen MR) is 116 cm³/mol. The summed E-state index contributed by atoms with van der Waals surface area (Å²) in [4.78, 5) is 16.8. The Kier molecular flexibility index (Phi) is 5.80. The summed E-state index contributed by atoms with van der Waals surface area (Å²) in [5.74, 6) is 0.185. The molecule has 3 aromatic rings. The second-order valence-corrected chi connectivity index (χ2v) is 6.91. The highest BCUT2D eigenvalue weighted by Gasteiger charge is 2.25. The minimum atomic E-state index is -0.555. The highest BCUT2D eigenvalue weighted by molar-refractivity contribution is 6.13. The molecule has 1 aliphatic heterocycles. The largest absolute Gasteiger partial charge is 0.493 e. The van der Waals surface area contributed by atoms with Crippen molar-refractivity contribution in [1.82, 2.24) is 0 Å². The Labute approximate surface area is 179 Å². The van der Waals surface area contributed by atoms with E-state index in [4.69, 9.17) is 14.2 Å². The SMILES string of the molecule is COc1cccc(/C=C2\N=C(c3ccccc3C)OC2=O)c1OCc1ccccc1F. The summed E-state index contributed by atoms with van der Waals surface area (Å²) in [6.07, 6.45) is 1.58. The van der Waals surface area contributed by atoms with Gasteiger partial charge in [0.15, 0.2) is 17.2 Å². The number of para-hydroxylation sites is 1. The maximum Gasteiger partial charge on any atom is 0.363 e. The van der Waals surface area contributed by atoms with E-state index >= 15 is 0 Å². The Morgan fingerprint density at radius 3 is 2.58 bits per heavy atom. The number of carbonyl (C=O) groups excluding carboxylic acids is 1. The zero-order valence-corrected chi connectivity index (χ0v) is 17.1. The lowest BCUT2D eigenvalue weighted by Gasteiger charge is -2.14. The van der Waals surface area contributed by atoms with Crippen molar-refractivity contribution in [3.05, 3.63) is 100 Å². The van der Waals surface area contributed by atoms with Crippen LogP contribution in [0.3, 0.4) is 0 Å². The third-order valence-corrected chi connectivity index (χ3v) is 4.85. The summed E-state index contributed by atoms with van der Waals surface area (Å²) in [7, 11) is 1.51. The zero-order valence-electron chi connectivity index (χ0n) is 17.1. The Bertz CT molecular complexity index is 1200. The molecule has 31 heavy (non-hydrogen) atoms. The maximum absolute atomic E-state index is 14.0. The standard InChI is InChI=1S/C25H20FNO4/c1-16-8-3-5-11-19(16)24-27-21(25(28)31-24)14-17-10-7-13-22(29-2)23(17)30-15-18-9-4-6-12-20(18)26/h3-14H,15H2,1-2H3/b21-14-. The molecule has 0 atom stereocenters. The van der Waals surface area contributed by atoms with Crippen molar-refractivity contribution in [2.45, 2.75) is 13.5 Å². The van der Waals surface area contributed by atoms with Gasteiger partial charge in [-0.3, -0.25) is 0 Å². The molecular weight excluding hydrogens is 397 g/mol. The van der Waals surface area contributed by atoms with Gasteiger partial charge in [0, 0.05) is 16.7 Å². The summed E-state index contributed by atoms with van der Waals surface area (Å²) in [5, 5.41) is 0. The molecule has 3 aromatic carbocycles. The lowest BCUT2D eigenvalue weighted by molar-refractivity contribution is -0.129. The van der Waals surface area contributed by atoms with Crippen molar-refractivity contribution in [3.8, 4) is 11.5 Å². The van der Waals surface area contributed by atoms with E-state index in [9.17, 15) is 9.18 Å². The average molecular weight is 417 g/mol. The number of methoxy groups -OCH3 is 1. The van der Waals surface area contributed by atoms with Crippen LogP contribution in [-0.2, 0) is 16.1 Å². The van der Waals surface area contributed by atoms with Crippen LogP contribution in [0.5, 0.6) is 11.5 Å². The molecule has 4 rings (SSSR count). The normalized spacial score (nSPS) is 14.4. The fourth-order valence-electron chi connectivity index (χ4n) is 3.21. The quantitative estimate of drug-likeness (QED) is 0.415. The molecule has 0 bridgehead atoms. The number of cyclic esters (lactones) is 1. The van der Waals surface area contributed by atoms with Gasteiger partial charge >= 0.3 is 5.97 Å². The van der Waals surface area contributed by atoms with Gasteiger partial charge in [0.05, 0.1) is 7.11 Å². The van der Waals surface area contributed by atoms with Crippen molar-refractivity contribution in [3.63, 3.8) is 0 Å². The van der Waals surface area contributed by atoms with E-state index in [2.05, 4.69) is 4.99 Å². The second-order valence-electron chi connectivity index (χ2n) is 6.91. The van der Waals surface area contributed by atoms with Crippen LogP contribution >= 0.6 is 0 Å². The van der Waals surface area contributed by atoms with Crippen molar-refractivity contribution in [1.29, 1.82) is 0 Å². The maximum atomic E-state index is 14.0. The fourth-order valence-corrected chi connectivity index (χ4v) is 3.21. The highest BCUT2D eigenvalue weighted by atomic mass is 19.1. The summed E-state index contributed by atoms with van der Waals surface area (Å²) >= 11 is 0. The lowest BCUT2D eigenvalue weighted by atomic mass is 10.1. The molecule has 0 saturated heterocycles. The first-order valence-corrected chi connectivity index (χ1v) is 9.68. The second kappa shape index (κ2) is 8.83. The first kappa shape index (κ1) is 20.3. The third-order valence-electron chi connectivity index (χ3n) is 4.85. The number of hydrogen-bond acceptors (Lipinski definition) is 5. The Morgan fingerprint density at radius 2 is 1.81 bits per heavy atom. The van der Waals surface area contributed by atoms with Crippen molar-refractivity contribution in [2.75, 3.05) is 7.11 Å². The molecule has 0 amide bonds. The van der Waals surface area contributed by atoms with Gasteiger partial charge in [0.1, 0.15) is 12.4 Å². The number of benzene rings is 3. The van der Waals surface area contributed by atoms with Gasteiger partial charge in [-0.1, -0.05) is 48.5 Å². The van der Waals surface area contributed by atoms with E-state index in [0.29, 0.717) is 22.6 Å². The van der Waals surface area contributed by atoms with Crippen LogP contribution in [0, 0.1) is 12.7 Å². The summed E-state index contributed by atoms with van der Waals surface area (Å²) in [6, 6.07) is 19.2. The number of aliphatic imine (C=N–C) groups is 1. The Balaban J connectivity index is 1.68. The molecule has 5 nitrogen and oxygen atoms in total. The first-order chi connectivity index (χ1) is 15.1. The highest BCUT2D eigenvalue weighted by Crippen LogP contribution is 2.34. The molecule has 0 spiro atoms. The van der Waals surface area contributed by atoms with Gasteiger partial charge in [-0.05, 0) is 36.8 Å². The minimum absolute atomic E-state index is 0.00535. The number of ether oxygens (including phenoxy) is 3. The van der Waals surface area contributed by atoms with Crippen LogP contribution in [0.2, 0.25) is 0 Å². The van der Waals surface area contributed by atoms with E-state index in [1.165, 1.54) is 13.2 Å². The number of aryl methyl sites for hydroxylation is 1. The van der Waals surface area contributed by atoms with Gasteiger partial charge in [0.25, 0.3) is 0 Å². The van der Waals surface area contributed by atoms with Gasteiger partial charge in [0.2, 0.25) is 5.90 Å². The molecule has 0 saturated carbocycles. The topological polar surface area (TPSA) is 57.1 Å². The monoisotopic (exact) mass is 417 g/mol. The number of rotatable bonds is 6. The molecule has 1 heterocycles. The molecule has 0 aromatic heterocycles. The van der Waals surface area contributed by atoms with Crippen molar-refractivity contribution >= 4 is 17.9 Å². The number of nitrogens with zero attached hydrogens (tertiary/aromatic N) is 1. The predicted octanol–water partition coefficient (Wildman–Crippen LogP) is 5.07. The van der Waals surface area contributed by atoms with Gasteiger partial charge in [-0.25, -0.2) is 14.2 Å². The molecule has 0 radical (unpaired) electrons. The van der Waals surface area contributed by atoms with Gasteiger partial charge < -0.3 is 14.2 Å². The number of halogens is 1.